The highest BCUT2D eigenvalue weighted by Gasteiger charge is 2.39. The molecule has 0 radical (unpaired) electrons. The van der Waals surface area contributed by atoms with E-state index in [9.17, 15) is 4.79 Å². The molecule has 5 nitrogen and oxygen atoms in total. The third-order valence-corrected chi connectivity index (χ3v) is 4.44. The standard InChI is InChI=1S/C16H23ClN2O3.ClH/c1-21-14(12-3-5-13(17)6-4-12)11-19-15(20)16(22-2)7-9-18-10-8-16;/h3-6,14,18H,7-11H2,1-2H3,(H,19,20);1H. The molecular formula is C16H24Cl2N2O3. The van der Waals surface area contributed by atoms with Crippen molar-refractivity contribution in [1.29, 1.82) is 0 Å². The quantitative estimate of drug-likeness (QED) is 0.815. The minimum absolute atomic E-state index is 0. The molecule has 2 N–H and O–H groups in total. The van der Waals surface area contributed by atoms with Crippen LogP contribution in [0.4, 0.5) is 0 Å². The average Bonchev–Trinajstić information content (AvgIpc) is 2.57. The molecule has 0 aromatic heterocycles. The maximum Gasteiger partial charge on any atom is 0.252 e. The largest absolute Gasteiger partial charge is 0.375 e. The van der Waals surface area contributed by atoms with Gasteiger partial charge in [0.1, 0.15) is 5.60 Å². The maximum absolute atomic E-state index is 12.5. The number of amides is 1. The Labute approximate surface area is 148 Å². The number of carbonyl (C=O) groups excluding carboxylic acids is 1. The molecule has 23 heavy (non-hydrogen) atoms. The molecule has 1 aromatic carbocycles. The fraction of sp³-hybridized carbons (Fsp3) is 0.562. The van der Waals surface area contributed by atoms with Crippen molar-refractivity contribution in [3.05, 3.63) is 34.9 Å². The summed E-state index contributed by atoms with van der Waals surface area (Å²) >= 11 is 5.89. The van der Waals surface area contributed by atoms with Crippen LogP contribution in [-0.2, 0) is 14.3 Å². The van der Waals surface area contributed by atoms with Crippen molar-refractivity contribution < 1.29 is 14.3 Å². The number of hydrogen-bond acceptors (Lipinski definition) is 4. The van der Waals surface area contributed by atoms with E-state index in [4.69, 9.17) is 21.1 Å². The van der Waals surface area contributed by atoms with Crippen molar-refractivity contribution in [2.75, 3.05) is 33.9 Å². The summed E-state index contributed by atoms with van der Waals surface area (Å²) in [6, 6.07) is 7.43. The van der Waals surface area contributed by atoms with Crippen LogP contribution in [0, 0.1) is 0 Å². The fourth-order valence-electron chi connectivity index (χ4n) is 2.72. The first-order chi connectivity index (χ1) is 10.6. The molecular weight excluding hydrogens is 339 g/mol. The van der Waals surface area contributed by atoms with Crippen LogP contribution in [0.2, 0.25) is 5.02 Å². The Hall–Kier alpha value is -0.850. The minimum Gasteiger partial charge on any atom is -0.375 e. The topological polar surface area (TPSA) is 59.6 Å². The lowest BCUT2D eigenvalue weighted by Crippen LogP contribution is -2.54. The number of ether oxygens (including phenoxy) is 2. The summed E-state index contributed by atoms with van der Waals surface area (Å²) in [4.78, 5) is 12.5. The monoisotopic (exact) mass is 362 g/mol. The van der Waals surface area contributed by atoms with Gasteiger partial charge in [-0.1, -0.05) is 23.7 Å². The third-order valence-electron chi connectivity index (χ3n) is 4.19. The van der Waals surface area contributed by atoms with Gasteiger partial charge in [0.15, 0.2) is 0 Å². The number of nitrogens with one attached hydrogen (secondary N) is 2. The predicted molar refractivity (Wildman–Crippen MR) is 93.3 cm³/mol. The summed E-state index contributed by atoms with van der Waals surface area (Å²) in [6.45, 7) is 1.97. The summed E-state index contributed by atoms with van der Waals surface area (Å²) < 4.78 is 11.0. The summed E-state index contributed by atoms with van der Waals surface area (Å²) in [7, 11) is 3.22. The molecule has 0 saturated carbocycles. The van der Waals surface area contributed by atoms with Gasteiger partial charge in [-0.3, -0.25) is 4.79 Å². The van der Waals surface area contributed by atoms with E-state index in [0.717, 1.165) is 18.7 Å². The van der Waals surface area contributed by atoms with Gasteiger partial charge in [0.25, 0.3) is 5.91 Å². The Kier molecular flexibility index (Phi) is 8.29. The molecule has 1 unspecified atom stereocenters. The molecule has 1 saturated heterocycles. The van der Waals surface area contributed by atoms with Gasteiger partial charge in [0, 0.05) is 25.8 Å². The molecule has 130 valence electrons. The molecule has 1 atom stereocenters. The zero-order valence-electron chi connectivity index (χ0n) is 13.4. The van der Waals surface area contributed by atoms with E-state index in [2.05, 4.69) is 10.6 Å². The number of methoxy groups -OCH3 is 2. The molecule has 0 bridgehead atoms. The van der Waals surface area contributed by atoms with Crippen molar-refractivity contribution in [1.82, 2.24) is 10.6 Å². The van der Waals surface area contributed by atoms with Gasteiger partial charge >= 0.3 is 0 Å². The summed E-state index contributed by atoms with van der Waals surface area (Å²) in [5.74, 6) is -0.0764. The van der Waals surface area contributed by atoms with Crippen molar-refractivity contribution >= 4 is 29.9 Å². The first-order valence-corrected chi connectivity index (χ1v) is 7.81. The van der Waals surface area contributed by atoms with Gasteiger partial charge < -0.3 is 20.1 Å². The zero-order chi connectivity index (χ0) is 16.0. The van der Waals surface area contributed by atoms with Crippen molar-refractivity contribution in [3.63, 3.8) is 0 Å². The molecule has 1 amide bonds. The molecule has 1 aromatic rings. The Balaban J connectivity index is 0.00000264. The number of halogens is 2. The molecule has 7 heteroatoms. The van der Waals surface area contributed by atoms with E-state index >= 15 is 0 Å². The van der Waals surface area contributed by atoms with Gasteiger partial charge in [-0.05, 0) is 43.6 Å². The van der Waals surface area contributed by atoms with Gasteiger partial charge in [0.05, 0.1) is 6.10 Å². The van der Waals surface area contributed by atoms with E-state index in [-0.39, 0.29) is 24.4 Å². The minimum atomic E-state index is -0.733. The Bertz CT molecular complexity index is 491. The smallest absolute Gasteiger partial charge is 0.252 e. The molecule has 2 rings (SSSR count). The highest BCUT2D eigenvalue weighted by atomic mass is 35.5. The summed E-state index contributed by atoms with van der Waals surface area (Å²) in [6.07, 6.45) is 1.14. The predicted octanol–water partition coefficient (Wildman–Crippen LogP) is 2.33. The molecule has 0 aliphatic carbocycles. The molecule has 0 spiro atoms. The maximum atomic E-state index is 12.5. The van der Waals surface area contributed by atoms with Crippen LogP contribution in [0.3, 0.4) is 0 Å². The van der Waals surface area contributed by atoms with E-state index in [0.29, 0.717) is 24.4 Å². The van der Waals surface area contributed by atoms with Crippen LogP contribution in [0.1, 0.15) is 24.5 Å². The molecule has 1 aliphatic rings. The third kappa shape index (κ3) is 5.06. The van der Waals surface area contributed by atoms with Gasteiger partial charge in [-0.15, -0.1) is 12.4 Å². The van der Waals surface area contributed by atoms with Crippen LogP contribution in [0.5, 0.6) is 0 Å². The number of carbonyl (C=O) groups is 1. The lowest BCUT2D eigenvalue weighted by Gasteiger charge is -2.35. The summed E-state index contributed by atoms with van der Waals surface area (Å²) in [5.41, 5.74) is 0.243. The number of benzene rings is 1. The van der Waals surface area contributed by atoms with E-state index in [1.54, 1.807) is 14.2 Å². The van der Waals surface area contributed by atoms with Gasteiger partial charge in [-0.25, -0.2) is 0 Å². The van der Waals surface area contributed by atoms with E-state index < -0.39 is 5.60 Å². The van der Waals surface area contributed by atoms with Crippen molar-refractivity contribution in [3.8, 4) is 0 Å². The zero-order valence-corrected chi connectivity index (χ0v) is 15.0. The molecule has 1 heterocycles. The second kappa shape index (κ2) is 9.45. The normalized spacial score (nSPS) is 17.9. The lowest BCUT2D eigenvalue weighted by atomic mass is 9.91. The number of piperidine rings is 1. The Morgan fingerprint density at radius 3 is 2.43 bits per heavy atom. The lowest BCUT2D eigenvalue weighted by molar-refractivity contribution is -0.147. The highest BCUT2D eigenvalue weighted by molar-refractivity contribution is 6.30. The van der Waals surface area contributed by atoms with Gasteiger partial charge in [-0.2, -0.15) is 0 Å². The van der Waals surface area contributed by atoms with Crippen LogP contribution in [0.15, 0.2) is 24.3 Å². The van der Waals surface area contributed by atoms with Crippen LogP contribution in [-0.4, -0.2) is 45.4 Å². The highest BCUT2D eigenvalue weighted by Crippen LogP contribution is 2.23. The Morgan fingerprint density at radius 1 is 1.30 bits per heavy atom. The van der Waals surface area contributed by atoms with Crippen molar-refractivity contribution in [2.45, 2.75) is 24.5 Å². The van der Waals surface area contributed by atoms with E-state index in [1.807, 2.05) is 24.3 Å². The van der Waals surface area contributed by atoms with Gasteiger partial charge in [0.2, 0.25) is 0 Å². The fourth-order valence-corrected chi connectivity index (χ4v) is 2.84. The average molecular weight is 363 g/mol. The SMILES string of the molecule is COC(CNC(=O)C1(OC)CCNCC1)c1ccc(Cl)cc1.Cl. The van der Waals surface area contributed by atoms with E-state index in [1.165, 1.54) is 0 Å². The Morgan fingerprint density at radius 2 is 1.91 bits per heavy atom. The second-order valence-electron chi connectivity index (χ2n) is 5.43. The molecule has 1 aliphatic heterocycles. The van der Waals surface area contributed by atoms with Crippen molar-refractivity contribution in [2.24, 2.45) is 0 Å². The van der Waals surface area contributed by atoms with Crippen LogP contribution < -0.4 is 10.6 Å². The second-order valence-corrected chi connectivity index (χ2v) is 5.87. The summed E-state index contributed by atoms with van der Waals surface area (Å²) in [5, 5.41) is 6.87. The van der Waals surface area contributed by atoms with Crippen LogP contribution in [0.25, 0.3) is 0 Å². The first-order valence-electron chi connectivity index (χ1n) is 7.44. The van der Waals surface area contributed by atoms with Crippen LogP contribution >= 0.6 is 24.0 Å². The number of hydrogen-bond donors (Lipinski definition) is 2. The number of rotatable bonds is 6. The molecule has 1 fully saturated rings. The first kappa shape index (κ1) is 20.2.